The van der Waals surface area contributed by atoms with Gasteiger partial charge >= 0.3 is 6.18 Å². The third-order valence-electron chi connectivity index (χ3n) is 2.46. The molecule has 1 N–H and O–H groups in total. The lowest BCUT2D eigenvalue weighted by Crippen LogP contribution is -2.21. The summed E-state index contributed by atoms with van der Waals surface area (Å²) >= 11 is 3.42. The van der Waals surface area contributed by atoms with Gasteiger partial charge in [-0.3, -0.25) is 0 Å². The van der Waals surface area contributed by atoms with Crippen molar-refractivity contribution in [3.63, 3.8) is 0 Å². The van der Waals surface area contributed by atoms with Crippen LogP contribution in [0.3, 0.4) is 0 Å². The van der Waals surface area contributed by atoms with Crippen LogP contribution in [0.2, 0.25) is 0 Å². The lowest BCUT2D eigenvalue weighted by Gasteiger charge is -2.16. The molecule has 0 aliphatic rings. The van der Waals surface area contributed by atoms with Crippen LogP contribution in [0.25, 0.3) is 0 Å². The molecule has 0 heterocycles. The second kappa shape index (κ2) is 6.40. The van der Waals surface area contributed by atoms with Crippen LogP contribution in [0.15, 0.2) is 28.7 Å². The maximum absolute atomic E-state index is 11.9. The fourth-order valence-electron chi connectivity index (χ4n) is 1.54. The Morgan fingerprint density at radius 1 is 1.29 bits per heavy atom. The smallest absolute Gasteiger partial charge is 0.310 e. The van der Waals surface area contributed by atoms with E-state index < -0.39 is 12.6 Å². The normalized spacial score (nSPS) is 13.7. The molecule has 0 saturated heterocycles. The number of hydrogen-bond donors (Lipinski definition) is 1. The van der Waals surface area contributed by atoms with Crippen LogP contribution in [0.1, 0.15) is 31.4 Å². The lowest BCUT2D eigenvalue weighted by molar-refractivity contribution is -0.135. The number of benzene rings is 1. The van der Waals surface area contributed by atoms with Crippen molar-refractivity contribution < 1.29 is 13.2 Å². The van der Waals surface area contributed by atoms with Crippen molar-refractivity contribution >= 4 is 15.9 Å². The number of hydrogen-bond acceptors (Lipinski definition) is 1. The molecule has 96 valence electrons. The van der Waals surface area contributed by atoms with Gasteiger partial charge in [-0.2, -0.15) is 13.2 Å². The molecule has 0 radical (unpaired) electrons. The van der Waals surface area contributed by atoms with E-state index in [2.05, 4.69) is 21.2 Å². The zero-order valence-electron chi connectivity index (χ0n) is 9.52. The average molecular weight is 310 g/mol. The van der Waals surface area contributed by atoms with Gasteiger partial charge in [0.05, 0.1) is 0 Å². The summed E-state index contributed by atoms with van der Waals surface area (Å²) in [6, 6.07) is 7.73. The molecule has 0 spiro atoms. The van der Waals surface area contributed by atoms with Gasteiger partial charge in [0.15, 0.2) is 0 Å². The Morgan fingerprint density at radius 2 is 1.94 bits per heavy atom. The van der Waals surface area contributed by atoms with Gasteiger partial charge in [-0.1, -0.05) is 34.1 Å². The minimum atomic E-state index is -4.06. The van der Waals surface area contributed by atoms with Crippen molar-refractivity contribution in [1.82, 2.24) is 5.32 Å². The van der Waals surface area contributed by atoms with Gasteiger partial charge < -0.3 is 5.32 Å². The van der Waals surface area contributed by atoms with Crippen molar-refractivity contribution in [1.29, 1.82) is 0 Å². The summed E-state index contributed by atoms with van der Waals surface area (Å²) in [6.07, 6.45) is -4.68. The molecule has 1 aromatic carbocycles. The Morgan fingerprint density at radius 3 is 2.53 bits per heavy atom. The van der Waals surface area contributed by atoms with E-state index in [-0.39, 0.29) is 12.5 Å². The Bertz CT molecular complexity index is 352. The van der Waals surface area contributed by atoms with E-state index >= 15 is 0 Å². The highest BCUT2D eigenvalue weighted by molar-refractivity contribution is 9.10. The molecule has 1 rings (SSSR count). The van der Waals surface area contributed by atoms with Gasteiger partial charge in [0.1, 0.15) is 0 Å². The van der Waals surface area contributed by atoms with Crippen molar-refractivity contribution in [2.75, 3.05) is 6.54 Å². The predicted octanol–water partition coefficient (Wildman–Crippen LogP) is 4.44. The molecule has 1 nitrogen and oxygen atoms in total. The first kappa shape index (κ1) is 14.5. The molecule has 5 heteroatoms. The molecule has 1 aromatic rings. The molecule has 0 bridgehead atoms. The van der Waals surface area contributed by atoms with Gasteiger partial charge in [-0.15, -0.1) is 0 Å². The molecule has 0 unspecified atom stereocenters. The second-order valence-electron chi connectivity index (χ2n) is 3.92. The molecular weight excluding hydrogens is 295 g/mol. The van der Waals surface area contributed by atoms with Crippen molar-refractivity contribution in [2.24, 2.45) is 0 Å². The van der Waals surface area contributed by atoms with Crippen molar-refractivity contribution in [2.45, 2.75) is 32.0 Å². The number of halogens is 4. The molecule has 0 saturated carbocycles. The first-order valence-corrected chi connectivity index (χ1v) is 6.24. The number of alkyl halides is 3. The van der Waals surface area contributed by atoms with Crippen molar-refractivity contribution in [3.05, 3.63) is 34.3 Å². The van der Waals surface area contributed by atoms with E-state index in [9.17, 15) is 13.2 Å². The Labute approximate surface area is 108 Å². The van der Waals surface area contributed by atoms with Gasteiger partial charge in [-0.25, -0.2) is 0 Å². The minimum Gasteiger partial charge on any atom is -0.310 e. The predicted molar refractivity (Wildman–Crippen MR) is 65.8 cm³/mol. The largest absolute Gasteiger partial charge is 0.389 e. The van der Waals surface area contributed by atoms with E-state index in [0.29, 0.717) is 6.54 Å². The van der Waals surface area contributed by atoms with Crippen LogP contribution in [0.4, 0.5) is 13.2 Å². The Balaban J connectivity index is 2.36. The van der Waals surface area contributed by atoms with E-state index in [1.54, 1.807) is 0 Å². The zero-order chi connectivity index (χ0) is 12.9. The number of nitrogens with one attached hydrogen (secondary N) is 1. The summed E-state index contributed by atoms with van der Waals surface area (Å²) < 4.78 is 36.8. The van der Waals surface area contributed by atoms with E-state index in [1.807, 2.05) is 31.2 Å². The SMILES string of the molecule is C[C@H](NCCCC(F)(F)F)c1ccccc1Br. The molecule has 1 atom stereocenters. The van der Waals surface area contributed by atoms with Crippen LogP contribution in [-0.4, -0.2) is 12.7 Å². The lowest BCUT2D eigenvalue weighted by atomic mass is 10.1. The van der Waals surface area contributed by atoms with Crippen molar-refractivity contribution in [3.8, 4) is 0 Å². The summed E-state index contributed by atoms with van der Waals surface area (Å²) in [5.74, 6) is 0. The van der Waals surface area contributed by atoms with Gasteiger partial charge in [0.25, 0.3) is 0 Å². The number of rotatable bonds is 5. The first-order chi connectivity index (χ1) is 7.90. The summed E-state index contributed by atoms with van der Waals surface area (Å²) in [6.45, 7) is 2.30. The molecular formula is C12H15BrF3N. The maximum Gasteiger partial charge on any atom is 0.389 e. The highest BCUT2D eigenvalue weighted by Crippen LogP contribution is 2.23. The maximum atomic E-state index is 11.9. The average Bonchev–Trinajstić information content (AvgIpc) is 2.23. The highest BCUT2D eigenvalue weighted by Gasteiger charge is 2.25. The third kappa shape index (κ3) is 5.55. The molecule has 0 aromatic heterocycles. The van der Waals surface area contributed by atoms with Gasteiger partial charge in [-0.05, 0) is 31.5 Å². The molecule has 0 amide bonds. The molecule has 17 heavy (non-hydrogen) atoms. The summed E-state index contributed by atoms with van der Waals surface area (Å²) in [7, 11) is 0. The van der Waals surface area contributed by atoms with Crippen LogP contribution >= 0.6 is 15.9 Å². The van der Waals surface area contributed by atoms with Gasteiger partial charge in [0.2, 0.25) is 0 Å². The fourth-order valence-corrected chi connectivity index (χ4v) is 2.17. The van der Waals surface area contributed by atoms with E-state index in [4.69, 9.17) is 0 Å². The molecule has 0 aliphatic carbocycles. The fraction of sp³-hybridized carbons (Fsp3) is 0.500. The standard InChI is InChI=1S/C12H15BrF3N/c1-9(10-5-2-3-6-11(10)13)17-8-4-7-12(14,15)16/h2-3,5-6,9,17H,4,7-8H2,1H3/t9-/m0/s1. The summed E-state index contributed by atoms with van der Waals surface area (Å²) in [5, 5.41) is 3.08. The van der Waals surface area contributed by atoms with E-state index in [1.165, 1.54) is 0 Å². The second-order valence-corrected chi connectivity index (χ2v) is 4.77. The Hall–Kier alpha value is -0.550. The quantitative estimate of drug-likeness (QED) is 0.793. The zero-order valence-corrected chi connectivity index (χ0v) is 11.1. The topological polar surface area (TPSA) is 12.0 Å². The van der Waals surface area contributed by atoms with Crippen LogP contribution < -0.4 is 5.32 Å². The summed E-state index contributed by atoms with van der Waals surface area (Å²) in [4.78, 5) is 0. The monoisotopic (exact) mass is 309 g/mol. The summed E-state index contributed by atoms with van der Waals surface area (Å²) in [5.41, 5.74) is 1.06. The molecule has 0 aliphatic heterocycles. The first-order valence-electron chi connectivity index (χ1n) is 5.45. The Kier molecular flexibility index (Phi) is 5.46. The highest BCUT2D eigenvalue weighted by atomic mass is 79.9. The molecule has 0 fully saturated rings. The van der Waals surface area contributed by atoms with Crippen LogP contribution in [-0.2, 0) is 0 Å². The van der Waals surface area contributed by atoms with E-state index in [0.717, 1.165) is 10.0 Å². The van der Waals surface area contributed by atoms with Crippen LogP contribution in [0, 0.1) is 0 Å². The van der Waals surface area contributed by atoms with Crippen LogP contribution in [0.5, 0.6) is 0 Å². The third-order valence-corrected chi connectivity index (χ3v) is 3.18. The minimum absolute atomic E-state index is 0.0406. The van der Waals surface area contributed by atoms with Gasteiger partial charge in [0, 0.05) is 16.9 Å².